The zero-order chi connectivity index (χ0) is 22.9. The summed E-state index contributed by atoms with van der Waals surface area (Å²) in [5.41, 5.74) is 3.45. The molecule has 0 fully saturated rings. The highest BCUT2D eigenvalue weighted by Crippen LogP contribution is 2.30. The van der Waals surface area contributed by atoms with Crippen LogP contribution < -0.4 is 5.32 Å². The van der Waals surface area contributed by atoms with Gasteiger partial charge >= 0.3 is 0 Å². The van der Waals surface area contributed by atoms with Crippen molar-refractivity contribution in [3.05, 3.63) is 129 Å². The van der Waals surface area contributed by atoms with E-state index in [0.29, 0.717) is 23.2 Å². The zero-order valence-electron chi connectivity index (χ0n) is 17.2. The molecule has 0 aliphatic carbocycles. The molecule has 7 heteroatoms. The first-order chi connectivity index (χ1) is 15.5. The van der Waals surface area contributed by atoms with E-state index in [9.17, 15) is 20.2 Å². The van der Waals surface area contributed by atoms with Crippen molar-refractivity contribution in [3.8, 4) is 11.1 Å². The standard InChI is InChI=1S/C25H21N3O4/c1-2-8-19(22-10-3-5-12-24(22)27(29)30)9-7-18-26-21-16-14-20(15-17-21)23-11-4-6-13-25(23)28(31)32/h2-17,26H,1,18H2/b9-7-,19-8+. The smallest absolute Gasteiger partial charge is 0.277 e. The van der Waals surface area contributed by atoms with E-state index in [1.54, 1.807) is 54.6 Å². The molecule has 160 valence electrons. The van der Waals surface area contributed by atoms with Gasteiger partial charge < -0.3 is 5.32 Å². The van der Waals surface area contributed by atoms with E-state index in [0.717, 1.165) is 11.3 Å². The van der Waals surface area contributed by atoms with Gasteiger partial charge in [-0.25, -0.2) is 0 Å². The summed E-state index contributed by atoms with van der Waals surface area (Å²) in [7, 11) is 0. The fourth-order valence-corrected chi connectivity index (χ4v) is 3.25. The van der Waals surface area contributed by atoms with Crippen LogP contribution >= 0.6 is 0 Å². The number of hydrogen-bond acceptors (Lipinski definition) is 5. The monoisotopic (exact) mass is 427 g/mol. The number of nitro groups is 2. The molecule has 0 heterocycles. The van der Waals surface area contributed by atoms with Crippen LogP contribution in [0.25, 0.3) is 16.7 Å². The molecule has 0 saturated carbocycles. The molecule has 1 N–H and O–H groups in total. The number of hydrogen-bond donors (Lipinski definition) is 1. The molecule has 0 atom stereocenters. The molecule has 0 aliphatic heterocycles. The molecular weight excluding hydrogens is 406 g/mol. The quantitative estimate of drug-likeness (QED) is 0.242. The third-order valence-electron chi connectivity index (χ3n) is 4.73. The van der Waals surface area contributed by atoms with Crippen molar-refractivity contribution in [2.24, 2.45) is 0 Å². The first kappa shape index (κ1) is 22.2. The van der Waals surface area contributed by atoms with Gasteiger partial charge in [-0.3, -0.25) is 20.2 Å². The number of rotatable bonds is 9. The topological polar surface area (TPSA) is 98.3 Å². The minimum atomic E-state index is -0.406. The minimum Gasteiger partial charge on any atom is -0.382 e. The van der Waals surface area contributed by atoms with Crippen LogP contribution in [0.2, 0.25) is 0 Å². The van der Waals surface area contributed by atoms with Crippen LogP contribution in [0.4, 0.5) is 17.1 Å². The number of nitrogens with zero attached hydrogens (tertiary/aromatic N) is 2. The second-order valence-electron chi connectivity index (χ2n) is 6.77. The minimum absolute atomic E-state index is 0.0313. The highest BCUT2D eigenvalue weighted by atomic mass is 16.6. The van der Waals surface area contributed by atoms with Crippen molar-refractivity contribution in [1.82, 2.24) is 0 Å². The van der Waals surface area contributed by atoms with Gasteiger partial charge in [-0.2, -0.15) is 0 Å². The molecular formula is C25H21N3O4. The highest BCUT2D eigenvalue weighted by Gasteiger charge is 2.15. The fourth-order valence-electron chi connectivity index (χ4n) is 3.25. The molecule has 0 saturated heterocycles. The summed E-state index contributed by atoms with van der Waals surface area (Å²) in [6.07, 6.45) is 6.98. The zero-order valence-corrected chi connectivity index (χ0v) is 17.2. The maximum absolute atomic E-state index is 11.3. The number of nitro benzene ring substituents is 2. The Hall–Kier alpha value is -4.52. The van der Waals surface area contributed by atoms with E-state index in [1.165, 1.54) is 12.1 Å². The molecule has 0 aromatic heterocycles. The predicted molar refractivity (Wildman–Crippen MR) is 127 cm³/mol. The number of nitrogens with one attached hydrogen (secondary N) is 1. The lowest BCUT2D eigenvalue weighted by Crippen LogP contribution is -1.98. The second-order valence-corrected chi connectivity index (χ2v) is 6.77. The lowest BCUT2D eigenvalue weighted by atomic mass is 10.0. The van der Waals surface area contributed by atoms with E-state index in [2.05, 4.69) is 11.9 Å². The van der Waals surface area contributed by atoms with Gasteiger partial charge in [-0.1, -0.05) is 67.3 Å². The van der Waals surface area contributed by atoms with Crippen molar-refractivity contribution < 1.29 is 9.85 Å². The Morgan fingerprint density at radius 2 is 1.50 bits per heavy atom. The van der Waals surface area contributed by atoms with E-state index in [4.69, 9.17) is 0 Å². The van der Waals surface area contributed by atoms with Crippen LogP contribution in [0.5, 0.6) is 0 Å². The number of para-hydroxylation sites is 2. The van der Waals surface area contributed by atoms with Crippen LogP contribution in [0.3, 0.4) is 0 Å². The molecule has 3 aromatic carbocycles. The Labute approximate surface area is 185 Å². The van der Waals surface area contributed by atoms with Crippen LogP contribution in [0, 0.1) is 20.2 Å². The molecule has 0 amide bonds. The van der Waals surface area contributed by atoms with E-state index in [1.807, 2.05) is 30.3 Å². The molecule has 0 bridgehead atoms. The molecule has 3 rings (SSSR count). The van der Waals surface area contributed by atoms with Crippen LogP contribution in [0.1, 0.15) is 5.56 Å². The Morgan fingerprint density at radius 1 is 0.875 bits per heavy atom. The molecule has 0 aliphatic rings. The summed E-state index contributed by atoms with van der Waals surface area (Å²) in [6, 6.07) is 20.5. The fraction of sp³-hybridized carbons (Fsp3) is 0.0400. The van der Waals surface area contributed by atoms with Gasteiger partial charge in [0.05, 0.1) is 21.0 Å². The number of anilines is 1. The first-order valence-electron chi connectivity index (χ1n) is 9.82. The summed E-state index contributed by atoms with van der Waals surface area (Å²) in [5.74, 6) is 0. The van der Waals surface area contributed by atoms with Crippen LogP contribution in [-0.2, 0) is 0 Å². The maximum atomic E-state index is 11.3. The summed E-state index contributed by atoms with van der Waals surface area (Å²) >= 11 is 0. The van der Waals surface area contributed by atoms with Gasteiger partial charge in [0.2, 0.25) is 0 Å². The highest BCUT2D eigenvalue weighted by molar-refractivity contribution is 5.80. The van der Waals surface area contributed by atoms with Gasteiger partial charge in [-0.15, -0.1) is 0 Å². The van der Waals surface area contributed by atoms with Gasteiger partial charge in [0.25, 0.3) is 11.4 Å². The average molecular weight is 427 g/mol. The van der Waals surface area contributed by atoms with Gasteiger partial charge in [0.1, 0.15) is 0 Å². The summed E-state index contributed by atoms with van der Waals surface area (Å²) in [6.45, 7) is 4.17. The van der Waals surface area contributed by atoms with Crippen molar-refractivity contribution in [2.75, 3.05) is 11.9 Å². The summed E-state index contributed by atoms with van der Waals surface area (Å²) < 4.78 is 0. The van der Waals surface area contributed by atoms with Crippen molar-refractivity contribution in [2.45, 2.75) is 0 Å². The number of allylic oxidation sites excluding steroid dienone is 4. The summed E-state index contributed by atoms with van der Waals surface area (Å²) in [4.78, 5) is 21.8. The second kappa shape index (κ2) is 10.5. The van der Waals surface area contributed by atoms with E-state index < -0.39 is 9.85 Å². The van der Waals surface area contributed by atoms with E-state index in [-0.39, 0.29) is 11.4 Å². The number of benzene rings is 3. The molecule has 0 radical (unpaired) electrons. The van der Waals surface area contributed by atoms with Gasteiger partial charge in [0.15, 0.2) is 0 Å². The molecule has 3 aromatic rings. The van der Waals surface area contributed by atoms with Crippen LogP contribution in [0.15, 0.2) is 104 Å². The third kappa shape index (κ3) is 5.34. The molecule has 32 heavy (non-hydrogen) atoms. The lowest BCUT2D eigenvalue weighted by molar-refractivity contribution is -0.385. The predicted octanol–water partition coefficient (Wildman–Crippen LogP) is 6.41. The Bertz CT molecular complexity index is 1200. The first-order valence-corrected chi connectivity index (χ1v) is 9.82. The summed E-state index contributed by atoms with van der Waals surface area (Å²) in [5, 5.41) is 25.8. The third-order valence-corrected chi connectivity index (χ3v) is 4.73. The Morgan fingerprint density at radius 3 is 2.16 bits per heavy atom. The molecule has 0 unspecified atom stereocenters. The van der Waals surface area contributed by atoms with Crippen molar-refractivity contribution in [1.29, 1.82) is 0 Å². The van der Waals surface area contributed by atoms with Gasteiger partial charge in [-0.05, 0) is 35.4 Å². The van der Waals surface area contributed by atoms with Crippen molar-refractivity contribution >= 4 is 22.6 Å². The Balaban J connectivity index is 1.70. The van der Waals surface area contributed by atoms with Crippen molar-refractivity contribution in [3.63, 3.8) is 0 Å². The average Bonchev–Trinajstić information content (AvgIpc) is 2.81. The molecule has 0 spiro atoms. The largest absolute Gasteiger partial charge is 0.382 e. The maximum Gasteiger partial charge on any atom is 0.277 e. The SMILES string of the molecule is C=C/C=C(\C=C/CNc1ccc(-c2ccccc2[N+](=O)[O-])cc1)c1ccccc1[N+](=O)[O-]. The van der Waals surface area contributed by atoms with Crippen LogP contribution in [-0.4, -0.2) is 16.4 Å². The Kier molecular flexibility index (Phi) is 7.27. The van der Waals surface area contributed by atoms with Gasteiger partial charge in [0, 0.05) is 24.4 Å². The van der Waals surface area contributed by atoms with E-state index >= 15 is 0 Å². The lowest BCUT2D eigenvalue weighted by Gasteiger charge is -2.07. The molecule has 7 nitrogen and oxygen atoms in total. The normalized spacial score (nSPS) is 11.3.